The second-order valence-electron chi connectivity index (χ2n) is 7.71. The average molecular weight is 495 g/mol. The monoisotopic (exact) mass is 494 g/mol. The van der Waals surface area contributed by atoms with Crippen molar-refractivity contribution in [1.29, 1.82) is 10.5 Å². The molecule has 0 bridgehead atoms. The molecule has 0 amide bonds. The van der Waals surface area contributed by atoms with Crippen molar-refractivity contribution in [1.82, 2.24) is 4.98 Å². The van der Waals surface area contributed by atoms with E-state index in [-0.39, 0.29) is 35.1 Å². The molecule has 8 heteroatoms. The summed E-state index contributed by atoms with van der Waals surface area (Å²) >= 11 is 1.25. The van der Waals surface area contributed by atoms with E-state index in [9.17, 15) is 15.3 Å². The van der Waals surface area contributed by atoms with Crippen LogP contribution in [0.4, 0.5) is 0 Å². The van der Waals surface area contributed by atoms with Gasteiger partial charge in [-0.1, -0.05) is 72.4 Å². The number of allylic oxidation sites excluding steroid dienone is 1. The lowest BCUT2D eigenvalue weighted by molar-refractivity contribution is -0.139. The summed E-state index contributed by atoms with van der Waals surface area (Å²) in [6.07, 6.45) is 0. The van der Waals surface area contributed by atoms with Gasteiger partial charge in [0.05, 0.1) is 35.1 Å². The predicted molar refractivity (Wildman–Crippen MR) is 136 cm³/mol. The van der Waals surface area contributed by atoms with Crippen molar-refractivity contribution in [2.24, 2.45) is 5.73 Å². The zero-order valence-corrected chi connectivity index (χ0v) is 20.3. The maximum absolute atomic E-state index is 13.1. The number of carbonyl (C=O) groups excluding carboxylic acids is 1. The number of esters is 1. The number of pyridine rings is 1. The molecule has 3 aromatic rings. The minimum Gasteiger partial charge on any atom is -0.463 e. The number of nitrogens with zero attached hydrogens (tertiary/aromatic N) is 3. The Bertz CT molecular complexity index is 1420. The van der Waals surface area contributed by atoms with Crippen LogP contribution in [-0.2, 0) is 14.3 Å². The van der Waals surface area contributed by atoms with Gasteiger partial charge in [0.25, 0.3) is 0 Å². The van der Waals surface area contributed by atoms with E-state index in [0.717, 1.165) is 11.3 Å². The lowest BCUT2D eigenvalue weighted by atomic mass is 9.83. The maximum atomic E-state index is 13.1. The molecule has 1 aliphatic heterocycles. The summed E-state index contributed by atoms with van der Waals surface area (Å²) in [6, 6.07) is 26.5. The minimum absolute atomic E-state index is 0.0681. The first-order chi connectivity index (χ1) is 17.6. The lowest BCUT2D eigenvalue weighted by Gasteiger charge is -2.28. The fraction of sp³-hybridized carbons (Fsp3) is 0.143. The van der Waals surface area contributed by atoms with Crippen LogP contribution in [0.15, 0.2) is 101 Å². The highest BCUT2D eigenvalue weighted by Crippen LogP contribution is 2.41. The molecule has 1 aromatic heterocycles. The molecule has 1 aliphatic rings. The Morgan fingerprint density at radius 3 is 2.39 bits per heavy atom. The predicted octanol–water partition coefficient (Wildman–Crippen LogP) is 5.04. The number of benzene rings is 2. The highest BCUT2D eigenvalue weighted by atomic mass is 32.2. The SMILES string of the molecule is CCOC(=O)C1=C(CSc2nc(-c3ccccc3)ccc2C#N)OC(N)=C(C#N)[C@H]1c1ccccc1. The van der Waals surface area contributed by atoms with Crippen LogP contribution in [0.5, 0.6) is 0 Å². The molecule has 7 nitrogen and oxygen atoms in total. The van der Waals surface area contributed by atoms with Gasteiger partial charge in [0.15, 0.2) is 0 Å². The van der Waals surface area contributed by atoms with Crippen LogP contribution >= 0.6 is 11.8 Å². The number of carbonyl (C=O) groups is 1. The van der Waals surface area contributed by atoms with Crippen LogP contribution in [0.2, 0.25) is 0 Å². The van der Waals surface area contributed by atoms with E-state index in [2.05, 4.69) is 17.1 Å². The largest absolute Gasteiger partial charge is 0.463 e. The van der Waals surface area contributed by atoms with Crippen LogP contribution in [0.3, 0.4) is 0 Å². The second-order valence-corrected chi connectivity index (χ2v) is 8.67. The first-order valence-electron chi connectivity index (χ1n) is 11.2. The van der Waals surface area contributed by atoms with E-state index < -0.39 is 11.9 Å². The molecular weight excluding hydrogens is 472 g/mol. The van der Waals surface area contributed by atoms with Crippen molar-refractivity contribution in [3.63, 3.8) is 0 Å². The van der Waals surface area contributed by atoms with Gasteiger partial charge in [0, 0.05) is 5.56 Å². The van der Waals surface area contributed by atoms with Crippen LogP contribution in [0, 0.1) is 22.7 Å². The minimum atomic E-state index is -0.737. The molecule has 0 saturated carbocycles. The zero-order chi connectivity index (χ0) is 25.5. The average Bonchev–Trinajstić information content (AvgIpc) is 2.92. The van der Waals surface area contributed by atoms with E-state index in [4.69, 9.17) is 15.2 Å². The van der Waals surface area contributed by atoms with Gasteiger partial charge in [0.2, 0.25) is 5.88 Å². The van der Waals surface area contributed by atoms with E-state index in [1.807, 2.05) is 60.7 Å². The molecule has 0 spiro atoms. The Morgan fingerprint density at radius 2 is 1.75 bits per heavy atom. The molecule has 0 saturated heterocycles. The molecule has 0 unspecified atom stereocenters. The molecule has 4 rings (SSSR count). The van der Waals surface area contributed by atoms with Gasteiger partial charge >= 0.3 is 5.97 Å². The highest BCUT2D eigenvalue weighted by molar-refractivity contribution is 7.99. The number of hydrogen-bond acceptors (Lipinski definition) is 8. The normalized spacial score (nSPS) is 15.0. The summed E-state index contributed by atoms with van der Waals surface area (Å²) in [5.41, 5.74) is 9.23. The summed E-state index contributed by atoms with van der Waals surface area (Å²) in [5, 5.41) is 20.0. The van der Waals surface area contributed by atoms with Crippen LogP contribution in [0.25, 0.3) is 11.3 Å². The Balaban J connectivity index is 1.75. The maximum Gasteiger partial charge on any atom is 0.338 e. The molecule has 2 heterocycles. The summed E-state index contributed by atoms with van der Waals surface area (Å²) in [4.78, 5) is 17.8. The number of nitrogens with two attached hydrogens (primary N) is 1. The number of hydrogen-bond donors (Lipinski definition) is 1. The molecule has 0 fully saturated rings. The van der Waals surface area contributed by atoms with Gasteiger partial charge in [-0.15, -0.1) is 0 Å². The Labute approximate surface area is 213 Å². The lowest BCUT2D eigenvalue weighted by Crippen LogP contribution is -2.27. The summed E-state index contributed by atoms with van der Waals surface area (Å²) in [5.74, 6) is -0.981. The topological polar surface area (TPSA) is 122 Å². The number of ether oxygens (including phenoxy) is 2. The molecule has 2 N–H and O–H groups in total. The summed E-state index contributed by atoms with van der Waals surface area (Å²) in [6.45, 7) is 1.87. The molecule has 0 aliphatic carbocycles. The van der Waals surface area contributed by atoms with Gasteiger partial charge in [-0.05, 0) is 24.6 Å². The third-order valence-corrected chi connectivity index (χ3v) is 6.51. The van der Waals surface area contributed by atoms with Crippen molar-refractivity contribution in [3.8, 4) is 23.4 Å². The smallest absolute Gasteiger partial charge is 0.338 e. The highest BCUT2D eigenvalue weighted by Gasteiger charge is 2.37. The molecule has 2 aromatic carbocycles. The van der Waals surface area contributed by atoms with Gasteiger partial charge in [0.1, 0.15) is 28.5 Å². The fourth-order valence-corrected chi connectivity index (χ4v) is 4.79. The van der Waals surface area contributed by atoms with E-state index in [1.165, 1.54) is 11.8 Å². The number of rotatable bonds is 7. The van der Waals surface area contributed by atoms with Crippen molar-refractivity contribution < 1.29 is 14.3 Å². The fourth-order valence-electron chi connectivity index (χ4n) is 3.88. The van der Waals surface area contributed by atoms with E-state index in [0.29, 0.717) is 16.2 Å². The summed E-state index contributed by atoms with van der Waals surface area (Å²) < 4.78 is 11.2. The van der Waals surface area contributed by atoms with Gasteiger partial charge < -0.3 is 15.2 Å². The number of thioether (sulfide) groups is 1. The summed E-state index contributed by atoms with van der Waals surface area (Å²) in [7, 11) is 0. The second kappa shape index (κ2) is 11.3. The van der Waals surface area contributed by atoms with Gasteiger partial charge in [-0.3, -0.25) is 0 Å². The van der Waals surface area contributed by atoms with E-state index in [1.54, 1.807) is 19.1 Å². The Kier molecular flexibility index (Phi) is 7.69. The third kappa shape index (κ3) is 5.10. The van der Waals surface area contributed by atoms with Crippen molar-refractivity contribution in [2.75, 3.05) is 12.4 Å². The first kappa shape index (κ1) is 24.6. The van der Waals surface area contributed by atoms with Gasteiger partial charge in [-0.25, -0.2) is 9.78 Å². The number of aromatic nitrogens is 1. The molecule has 36 heavy (non-hydrogen) atoms. The quantitative estimate of drug-likeness (QED) is 0.358. The molecule has 178 valence electrons. The molecular formula is C28H22N4O3S. The van der Waals surface area contributed by atoms with Crippen molar-refractivity contribution >= 4 is 17.7 Å². The number of nitriles is 2. The van der Waals surface area contributed by atoms with Crippen LogP contribution in [-0.4, -0.2) is 23.3 Å². The first-order valence-corrected chi connectivity index (χ1v) is 12.2. The Morgan fingerprint density at radius 1 is 1.06 bits per heavy atom. The zero-order valence-electron chi connectivity index (χ0n) is 19.5. The van der Waals surface area contributed by atoms with Crippen LogP contribution in [0.1, 0.15) is 24.0 Å². The molecule has 0 radical (unpaired) electrons. The standard InChI is InChI=1S/C28H22N4O3S/c1-2-34-28(33)25-23(35-26(31)21(16-30)24(25)19-11-7-4-8-12-19)17-36-27-20(15-29)13-14-22(32-27)18-9-5-3-6-10-18/h3-14,24H,2,17,31H2,1H3/t24-/m1/s1. The Hall–Kier alpha value is -4.53. The van der Waals surface area contributed by atoms with Crippen molar-refractivity contribution in [3.05, 3.63) is 107 Å². The van der Waals surface area contributed by atoms with Crippen LogP contribution < -0.4 is 5.73 Å². The molecule has 1 atom stereocenters. The third-order valence-electron chi connectivity index (χ3n) is 5.52. The van der Waals surface area contributed by atoms with Gasteiger partial charge in [-0.2, -0.15) is 10.5 Å². The van der Waals surface area contributed by atoms with Crippen molar-refractivity contribution in [2.45, 2.75) is 17.9 Å². The van der Waals surface area contributed by atoms with E-state index >= 15 is 0 Å².